The van der Waals surface area contributed by atoms with Gasteiger partial charge in [0.1, 0.15) is 17.1 Å². The molecule has 0 aromatic heterocycles. The summed E-state index contributed by atoms with van der Waals surface area (Å²) < 4.78 is 5.15. The molecule has 0 spiro atoms. The zero-order valence-corrected chi connectivity index (χ0v) is 15.3. The second-order valence-electron chi connectivity index (χ2n) is 6.60. The van der Waals surface area contributed by atoms with Gasteiger partial charge < -0.3 is 14.9 Å². The maximum Gasteiger partial charge on any atom is 0.339 e. The number of benzene rings is 2. The van der Waals surface area contributed by atoms with Crippen LogP contribution in [0.4, 0.5) is 0 Å². The van der Waals surface area contributed by atoms with Crippen LogP contribution in [0.3, 0.4) is 0 Å². The van der Waals surface area contributed by atoms with Crippen LogP contribution in [0.2, 0.25) is 0 Å². The minimum absolute atomic E-state index is 0.0292. The van der Waals surface area contributed by atoms with Crippen LogP contribution >= 0.6 is 11.8 Å². The molecule has 2 rings (SSSR count). The van der Waals surface area contributed by atoms with Gasteiger partial charge in [-0.05, 0) is 48.2 Å². The molecule has 2 N–H and O–H groups in total. The van der Waals surface area contributed by atoms with Gasteiger partial charge >= 0.3 is 5.97 Å². The van der Waals surface area contributed by atoms with E-state index in [9.17, 15) is 15.0 Å². The Kier molecular flexibility index (Phi) is 5.13. The minimum atomic E-state index is -1.12. The quantitative estimate of drug-likeness (QED) is 0.828. The fraction of sp³-hybridized carbons (Fsp3) is 0.316. The standard InChI is InChI=1S/C19H22O4S/c1-11-15(24-13-8-6-12(23-5)7-9-13)10-14(19(2,3)4)17(20)16(11)18(21)22/h6-10,20H,1-5H3,(H,21,22). The summed E-state index contributed by atoms with van der Waals surface area (Å²) >= 11 is 1.47. The average molecular weight is 346 g/mol. The molecule has 2 aromatic rings. The summed E-state index contributed by atoms with van der Waals surface area (Å²) in [6.07, 6.45) is 0. The van der Waals surface area contributed by atoms with Gasteiger partial charge in [-0.2, -0.15) is 0 Å². The maximum absolute atomic E-state index is 11.6. The van der Waals surface area contributed by atoms with Crippen LogP contribution in [0.1, 0.15) is 42.3 Å². The van der Waals surface area contributed by atoms with Crippen molar-refractivity contribution in [3.8, 4) is 11.5 Å². The second kappa shape index (κ2) is 6.77. The number of methoxy groups -OCH3 is 1. The Labute approximate surface area is 146 Å². The van der Waals surface area contributed by atoms with E-state index in [4.69, 9.17) is 4.74 Å². The number of hydrogen-bond acceptors (Lipinski definition) is 4. The molecule has 0 heterocycles. The summed E-state index contributed by atoms with van der Waals surface area (Å²) in [5, 5.41) is 19.9. The lowest BCUT2D eigenvalue weighted by atomic mass is 9.84. The van der Waals surface area contributed by atoms with Crippen LogP contribution in [0.25, 0.3) is 0 Å². The highest BCUT2D eigenvalue weighted by Gasteiger charge is 2.26. The van der Waals surface area contributed by atoms with E-state index in [2.05, 4.69) is 0 Å². The number of carboxylic acid groups (broad SMARTS) is 1. The monoisotopic (exact) mass is 346 g/mol. The first-order valence-electron chi connectivity index (χ1n) is 7.57. The highest BCUT2D eigenvalue weighted by atomic mass is 32.2. The highest BCUT2D eigenvalue weighted by molar-refractivity contribution is 7.99. The van der Waals surface area contributed by atoms with Crippen LogP contribution < -0.4 is 4.74 Å². The van der Waals surface area contributed by atoms with Crippen LogP contribution in [0.15, 0.2) is 40.1 Å². The van der Waals surface area contributed by atoms with Crippen molar-refractivity contribution in [3.05, 3.63) is 47.0 Å². The van der Waals surface area contributed by atoms with E-state index >= 15 is 0 Å². The van der Waals surface area contributed by atoms with Crippen LogP contribution in [0, 0.1) is 6.92 Å². The normalized spacial score (nSPS) is 11.4. The predicted molar refractivity (Wildman–Crippen MR) is 95.6 cm³/mol. The Balaban J connectivity index is 2.56. The third-order valence-electron chi connectivity index (χ3n) is 3.82. The van der Waals surface area contributed by atoms with Crippen molar-refractivity contribution < 1.29 is 19.7 Å². The zero-order chi connectivity index (χ0) is 18.1. The summed E-state index contributed by atoms with van der Waals surface area (Å²) in [6.45, 7) is 7.57. The average Bonchev–Trinajstić information content (AvgIpc) is 2.49. The van der Waals surface area contributed by atoms with E-state index in [1.807, 2.05) is 51.1 Å². The smallest absolute Gasteiger partial charge is 0.339 e. The highest BCUT2D eigenvalue weighted by Crippen LogP contribution is 2.41. The van der Waals surface area contributed by atoms with Crippen molar-refractivity contribution in [2.45, 2.75) is 42.9 Å². The molecule has 0 saturated carbocycles. The molecule has 0 amide bonds. The lowest BCUT2D eigenvalue weighted by Gasteiger charge is -2.24. The molecule has 0 unspecified atom stereocenters. The van der Waals surface area contributed by atoms with Crippen molar-refractivity contribution in [2.75, 3.05) is 7.11 Å². The first-order chi connectivity index (χ1) is 11.1. The Morgan fingerprint density at radius 1 is 1.17 bits per heavy atom. The molecule has 0 saturated heterocycles. The van der Waals surface area contributed by atoms with Gasteiger partial charge in [0, 0.05) is 15.4 Å². The molecule has 24 heavy (non-hydrogen) atoms. The third-order valence-corrected chi connectivity index (χ3v) is 4.97. The SMILES string of the molecule is COc1ccc(Sc2cc(C(C)(C)C)c(O)c(C(=O)O)c2C)cc1. The molecule has 2 aromatic carbocycles. The van der Waals surface area contributed by atoms with E-state index in [0.29, 0.717) is 11.1 Å². The molecule has 0 fully saturated rings. The second-order valence-corrected chi connectivity index (χ2v) is 7.72. The first kappa shape index (κ1) is 18.2. The topological polar surface area (TPSA) is 66.8 Å². The van der Waals surface area contributed by atoms with Gasteiger partial charge in [0.05, 0.1) is 7.11 Å². The Hall–Kier alpha value is -2.14. The minimum Gasteiger partial charge on any atom is -0.507 e. The molecule has 0 aliphatic heterocycles. The lowest BCUT2D eigenvalue weighted by Crippen LogP contribution is -2.14. The van der Waals surface area contributed by atoms with Gasteiger partial charge in [0.25, 0.3) is 0 Å². The van der Waals surface area contributed by atoms with Gasteiger partial charge in [-0.15, -0.1) is 0 Å². The molecule has 4 nitrogen and oxygen atoms in total. The van der Waals surface area contributed by atoms with Crippen molar-refractivity contribution >= 4 is 17.7 Å². The Bertz CT molecular complexity index is 758. The number of phenols is 1. The van der Waals surface area contributed by atoms with E-state index in [-0.39, 0.29) is 16.7 Å². The molecule has 0 aliphatic carbocycles. The maximum atomic E-state index is 11.6. The van der Waals surface area contributed by atoms with Gasteiger partial charge in [0.2, 0.25) is 0 Å². The summed E-state index contributed by atoms with van der Waals surface area (Å²) in [6, 6.07) is 9.45. The molecule has 0 atom stereocenters. The van der Waals surface area contributed by atoms with Crippen LogP contribution in [-0.4, -0.2) is 23.3 Å². The molecular weight excluding hydrogens is 324 g/mol. The third kappa shape index (κ3) is 3.67. The number of carbonyl (C=O) groups is 1. The number of ether oxygens (including phenoxy) is 1. The number of aromatic carboxylic acids is 1. The number of carboxylic acids is 1. The number of aromatic hydroxyl groups is 1. The van der Waals surface area contributed by atoms with Crippen LogP contribution in [0.5, 0.6) is 11.5 Å². The van der Waals surface area contributed by atoms with Gasteiger partial charge in [-0.1, -0.05) is 32.5 Å². The van der Waals surface area contributed by atoms with E-state index < -0.39 is 5.97 Å². The van der Waals surface area contributed by atoms with Crippen molar-refractivity contribution in [3.63, 3.8) is 0 Å². The summed E-state index contributed by atoms with van der Waals surface area (Å²) in [4.78, 5) is 13.4. The first-order valence-corrected chi connectivity index (χ1v) is 8.39. The Morgan fingerprint density at radius 2 is 1.75 bits per heavy atom. The van der Waals surface area contributed by atoms with E-state index in [1.54, 1.807) is 14.0 Å². The van der Waals surface area contributed by atoms with Crippen molar-refractivity contribution in [1.29, 1.82) is 0 Å². The van der Waals surface area contributed by atoms with E-state index in [0.717, 1.165) is 15.5 Å². The largest absolute Gasteiger partial charge is 0.507 e. The molecule has 0 bridgehead atoms. The van der Waals surface area contributed by atoms with Crippen LogP contribution in [-0.2, 0) is 5.41 Å². The predicted octanol–water partition coefficient (Wildman–Crippen LogP) is 4.86. The lowest BCUT2D eigenvalue weighted by molar-refractivity contribution is 0.0692. The van der Waals surface area contributed by atoms with Gasteiger partial charge in [0.15, 0.2) is 0 Å². The molecule has 5 heteroatoms. The summed E-state index contributed by atoms with van der Waals surface area (Å²) in [5.74, 6) is -0.498. The van der Waals surface area contributed by atoms with Gasteiger partial charge in [-0.3, -0.25) is 0 Å². The number of rotatable bonds is 4. The summed E-state index contributed by atoms with van der Waals surface area (Å²) in [5.41, 5.74) is 0.797. The Morgan fingerprint density at radius 3 is 2.21 bits per heavy atom. The van der Waals surface area contributed by atoms with Gasteiger partial charge in [-0.25, -0.2) is 4.79 Å². The molecular formula is C19H22O4S. The number of hydrogen-bond donors (Lipinski definition) is 2. The molecule has 0 aliphatic rings. The van der Waals surface area contributed by atoms with Crippen molar-refractivity contribution in [2.24, 2.45) is 0 Å². The van der Waals surface area contributed by atoms with E-state index in [1.165, 1.54) is 11.8 Å². The fourth-order valence-electron chi connectivity index (χ4n) is 2.45. The molecule has 128 valence electrons. The zero-order valence-electron chi connectivity index (χ0n) is 14.5. The fourth-order valence-corrected chi connectivity index (χ4v) is 3.41. The van der Waals surface area contributed by atoms with Crippen molar-refractivity contribution in [1.82, 2.24) is 0 Å². The molecule has 0 radical (unpaired) electrons. The summed E-state index contributed by atoms with van der Waals surface area (Å²) in [7, 11) is 1.61.